The Hall–Kier alpha value is -0.890. The summed E-state index contributed by atoms with van der Waals surface area (Å²) in [5, 5.41) is 13.1. The van der Waals surface area contributed by atoms with E-state index >= 15 is 0 Å². The lowest BCUT2D eigenvalue weighted by Crippen LogP contribution is -2.65. The fourth-order valence-electron chi connectivity index (χ4n) is 6.93. The van der Waals surface area contributed by atoms with Gasteiger partial charge in [0.2, 0.25) is 5.91 Å². The molecule has 4 heterocycles. The molecule has 1 amide bonds. The molecule has 11 heteroatoms. The van der Waals surface area contributed by atoms with Crippen LogP contribution in [0.25, 0.3) is 0 Å². The zero-order valence-corrected chi connectivity index (χ0v) is 21.2. The Balaban J connectivity index is 1.05. The summed E-state index contributed by atoms with van der Waals surface area (Å²) >= 11 is 0. The monoisotopic (exact) mass is 491 g/mol. The topological polar surface area (TPSA) is 117 Å². The molecular weight excluding hydrogens is 446 g/mol. The van der Waals surface area contributed by atoms with Crippen LogP contribution in [-0.2, 0) is 9.53 Å². The quantitative estimate of drug-likeness (QED) is 0.223. The van der Waals surface area contributed by atoms with E-state index in [4.69, 9.17) is 4.74 Å². The molecule has 11 nitrogen and oxygen atoms in total. The number of hydrazine groups is 3. The van der Waals surface area contributed by atoms with Gasteiger partial charge in [0.1, 0.15) is 0 Å². The van der Waals surface area contributed by atoms with Crippen LogP contribution in [0.3, 0.4) is 0 Å². The van der Waals surface area contributed by atoms with Gasteiger partial charge < -0.3 is 10.1 Å². The second kappa shape index (κ2) is 10.5. The first-order valence-corrected chi connectivity index (χ1v) is 13.9. The molecule has 6 unspecified atom stereocenters. The minimum atomic E-state index is -0.119. The van der Waals surface area contributed by atoms with Crippen LogP contribution in [0.1, 0.15) is 51.4 Å². The van der Waals surface area contributed by atoms with Crippen LogP contribution in [0.4, 0.5) is 0 Å². The third-order valence-corrected chi connectivity index (χ3v) is 9.31. The highest BCUT2D eigenvalue weighted by Gasteiger charge is 2.49. The van der Waals surface area contributed by atoms with E-state index in [0.29, 0.717) is 24.0 Å². The minimum Gasteiger partial charge on any atom is -0.380 e. The van der Waals surface area contributed by atoms with Gasteiger partial charge in [-0.15, -0.1) is 0 Å². The summed E-state index contributed by atoms with van der Waals surface area (Å²) in [6.45, 7) is 5.44. The van der Waals surface area contributed by atoms with E-state index in [1.165, 1.54) is 25.7 Å². The van der Waals surface area contributed by atoms with Gasteiger partial charge in [-0.25, -0.2) is 21.3 Å². The van der Waals surface area contributed by atoms with Crippen molar-refractivity contribution in [3.8, 4) is 0 Å². The van der Waals surface area contributed by atoms with Crippen LogP contribution in [0, 0.1) is 17.3 Å². The van der Waals surface area contributed by atoms with Crippen LogP contribution in [-0.4, -0.2) is 92.8 Å². The number of rotatable bonds is 8. The lowest BCUT2D eigenvalue weighted by atomic mass is 9.64. The van der Waals surface area contributed by atoms with Gasteiger partial charge in [-0.2, -0.15) is 5.53 Å². The number of amides is 1. The predicted molar refractivity (Wildman–Crippen MR) is 132 cm³/mol. The maximum atomic E-state index is 13.5. The number of carbonyl (C=O) groups excluding carboxylic acids is 1. The predicted octanol–water partition coefficient (Wildman–Crippen LogP) is -1.23. The highest BCUT2D eigenvalue weighted by molar-refractivity contribution is 5.82. The lowest BCUT2D eigenvalue weighted by Gasteiger charge is -2.51. The van der Waals surface area contributed by atoms with Crippen molar-refractivity contribution >= 4 is 5.91 Å². The third kappa shape index (κ3) is 5.53. The van der Waals surface area contributed by atoms with Crippen LogP contribution >= 0.6 is 0 Å². The Morgan fingerprint density at radius 3 is 2.69 bits per heavy atom. The summed E-state index contributed by atoms with van der Waals surface area (Å²) in [6.07, 6.45) is 9.63. The first-order chi connectivity index (χ1) is 17.1. The molecule has 0 radical (unpaired) electrons. The van der Waals surface area contributed by atoms with E-state index in [0.717, 1.165) is 65.2 Å². The molecule has 2 saturated carbocycles. The number of hydrogen-bond donors (Lipinski definition) is 7. The Morgan fingerprint density at radius 1 is 1.11 bits per heavy atom. The molecule has 0 aromatic carbocycles. The molecule has 0 spiro atoms. The minimum absolute atomic E-state index is 0.119. The molecule has 6 atom stereocenters. The van der Waals surface area contributed by atoms with E-state index in [1.54, 1.807) is 0 Å². The van der Waals surface area contributed by atoms with Gasteiger partial charge in [-0.1, -0.05) is 6.42 Å². The zero-order valence-electron chi connectivity index (χ0n) is 21.2. The number of ether oxygens (including phenoxy) is 1. The summed E-state index contributed by atoms with van der Waals surface area (Å²) in [4.78, 5) is 15.8. The standard InChI is InChI=1S/C24H45N9O2/c1-32-15-26-30-21(32)11-24(13-35-14-24)17-3-2-4-18(9-17)28-23(34)20-10-19(12-33-8-7-25-31-33)27-22(29-20)16-5-6-16/h16-22,25-27,29-31H,2-15H2,1H3,(H,28,34). The average molecular weight is 492 g/mol. The second-order valence-electron chi connectivity index (χ2n) is 12.0. The molecule has 0 aromatic heterocycles. The summed E-state index contributed by atoms with van der Waals surface area (Å²) in [5.41, 5.74) is 13.3. The van der Waals surface area contributed by atoms with Crippen molar-refractivity contribution in [2.75, 3.05) is 46.6 Å². The Labute approximate surface area is 209 Å². The Kier molecular flexibility index (Phi) is 7.31. The Bertz CT molecular complexity index is 741. The molecule has 6 fully saturated rings. The number of carbonyl (C=O) groups is 1. The summed E-state index contributed by atoms with van der Waals surface area (Å²) < 4.78 is 5.77. The van der Waals surface area contributed by atoms with E-state index in [-0.39, 0.29) is 29.6 Å². The summed E-state index contributed by atoms with van der Waals surface area (Å²) in [7, 11) is 2.17. The van der Waals surface area contributed by atoms with E-state index < -0.39 is 0 Å². The van der Waals surface area contributed by atoms with Gasteiger partial charge in [0.05, 0.1) is 38.3 Å². The van der Waals surface area contributed by atoms with Crippen molar-refractivity contribution in [1.29, 1.82) is 0 Å². The average Bonchev–Trinajstić information content (AvgIpc) is 3.43. The highest BCUT2D eigenvalue weighted by atomic mass is 16.5. The molecule has 7 N–H and O–H groups in total. The van der Waals surface area contributed by atoms with Crippen molar-refractivity contribution in [3.05, 3.63) is 0 Å². The van der Waals surface area contributed by atoms with Gasteiger partial charge in [0.15, 0.2) is 0 Å². The van der Waals surface area contributed by atoms with Crippen molar-refractivity contribution < 1.29 is 9.53 Å². The second-order valence-corrected chi connectivity index (χ2v) is 12.0. The van der Waals surface area contributed by atoms with Crippen molar-refractivity contribution in [1.82, 2.24) is 47.7 Å². The van der Waals surface area contributed by atoms with Crippen LogP contribution < -0.4 is 37.8 Å². The molecular formula is C24H45N9O2. The van der Waals surface area contributed by atoms with Crippen LogP contribution in [0.2, 0.25) is 0 Å². The maximum absolute atomic E-state index is 13.5. The van der Waals surface area contributed by atoms with Gasteiger partial charge in [-0.3, -0.25) is 20.3 Å². The fraction of sp³-hybridized carbons (Fsp3) is 0.958. The van der Waals surface area contributed by atoms with Gasteiger partial charge in [-0.05, 0) is 63.8 Å². The normalized spacial score (nSPS) is 40.5. The van der Waals surface area contributed by atoms with Crippen molar-refractivity contribution in [2.24, 2.45) is 17.3 Å². The molecule has 0 bridgehead atoms. The summed E-state index contributed by atoms with van der Waals surface area (Å²) in [5.74, 6) is 1.46. The van der Waals surface area contributed by atoms with Crippen molar-refractivity contribution in [3.63, 3.8) is 0 Å². The van der Waals surface area contributed by atoms with E-state index in [9.17, 15) is 4.79 Å². The van der Waals surface area contributed by atoms with Gasteiger partial charge >= 0.3 is 0 Å². The molecule has 4 aliphatic heterocycles. The number of nitrogens with zero attached hydrogens (tertiary/aromatic N) is 2. The van der Waals surface area contributed by atoms with Crippen LogP contribution in [0.5, 0.6) is 0 Å². The fourth-order valence-corrected chi connectivity index (χ4v) is 6.93. The zero-order chi connectivity index (χ0) is 23.8. The molecule has 198 valence electrons. The summed E-state index contributed by atoms with van der Waals surface area (Å²) in [6, 6.07) is 0.459. The number of nitrogens with one attached hydrogen (secondary N) is 7. The molecule has 6 rings (SSSR count). The Morgan fingerprint density at radius 2 is 2.00 bits per heavy atom. The van der Waals surface area contributed by atoms with Gasteiger partial charge in [0.25, 0.3) is 0 Å². The SMILES string of the molecule is CN1CNNC1CC1(C2CCCC(NC(=O)C3CC(CN4CCNN4)NC(C4CC4)N3)C2)COC1. The van der Waals surface area contributed by atoms with Crippen molar-refractivity contribution in [2.45, 2.75) is 81.8 Å². The molecule has 4 saturated heterocycles. The smallest absolute Gasteiger partial charge is 0.237 e. The lowest BCUT2D eigenvalue weighted by molar-refractivity contribution is -0.166. The molecule has 35 heavy (non-hydrogen) atoms. The van der Waals surface area contributed by atoms with Crippen LogP contribution in [0.15, 0.2) is 0 Å². The van der Waals surface area contributed by atoms with E-state index in [2.05, 4.69) is 54.7 Å². The van der Waals surface area contributed by atoms with Gasteiger partial charge in [0, 0.05) is 37.1 Å². The molecule has 0 aromatic rings. The number of hydrogen-bond acceptors (Lipinski definition) is 10. The highest BCUT2D eigenvalue weighted by Crippen LogP contribution is 2.47. The first kappa shape index (κ1) is 24.4. The molecule has 2 aliphatic carbocycles. The third-order valence-electron chi connectivity index (χ3n) is 9.31. The first-order valence-electron chi connectivity index (χ1n) is 13.9. The largest absolute Gasteiger partial charge is 0.380 e. The molecule has 6 aliphatic rings. The van der Waals surface area contributed by atoms with E-state index in [1.807, 2.05) is 0 Å². The maximum Gasteiger partial charge on any atom is 0.237 e.